The monoisotopic (exact) mass is 712 g/mol. The van der Waals surface area contributed by atoms with Crippen LogP contribution in [0.4, 0.5) is 0 Å². The van der Waals surface area contributed by atoms with Crippen molar-refractivity contribution in [3.8, 4) is 0 Å². The van der Waals surface area contributed by atoms with Crippen molar-refractivity contribution in [2.24, 2.45) is 5.92 Å². The van der Waals surface area contributed by atoms with E-state index < -0.39 is 6.04 Å². The van der Waals surface area contributed by atoms with E-state index in [9.17, 15) is 14.4 Å². The molecular weight excluding hydrogens is 631 g/mol. The molecule has 0 aliphatic carbocycles. The fourth-order valence-corrected chi connectivity index (χ4v) is 7.06. The molecule has 8 heteroatoms. The molecule has 0 radical (unpaired) electrons. The molecule has 2 unspecified atom stereocenters. The summed E-state index contributed by atoms with van der Waals surface area (Å²) in [6.45, 7) is 8.52. The number of nitrogens with zero attached hydrogens (tertiary/aromatic N) is 1. The normalized spacial score (nSPS) is 12.6. The molecule has 7 nitrogen and oxygen atoms in total. The van der Waals surface area contributed by atoms with Crippen LogP contribution in [0.25, 0.3) is 0 Å². The summed E-state index contributed by atoms with van der Waals surface area (Å²) in [6.07, 6.45) is 30.1. The van der Waals surface area contributed by atoms with Crippen molar-refractivity contribution < 1.29 is 19.1 Å². The molecule has 0 aromatic rings. The second kappa shape index (κ2) is 36.5. The van der Waals surface area contributed by atoms with Crippen LogP contribution in [0.3, 0.4) is 0 Å². The number of esters is 1. The Morgan fingerprint density at radius 2 is 1.06 bits per heavy atom. The topological polar surface area (TPSA) is 87.7 Å². The van der Waals surface area contributed by atoms with Gasteiger partial charge in [0.15, 0.2) is 0 Å². The number of carbonyl (C=O) groups excluding carboxylic acids is 3. The summed E-state index contributed by atoms with van der Waals surface area (Å²) in [5, 5.41) is 6.18. The van der Waals surface area contributed by atoms with Crippen LogP contribution in [-0.4, -0.2) is 74.0 Å². The van der Waals surface area contributed by atoms with Gasteiger partial charge in [-0.25, -0.2) is 0 Å². The number of hydrogen-bond donors (Lipinski definition) is 2. The lowest BCUT2D eigenvalue weighted by Crippen LogP contribution is -2.49. The number of ether oxygens (including phenoxy) is 1. The largest absolute Gasteiger partial charge is 0.466 e. The quantitative estimate of drug-likeness (QED) is 0.0493. The Morgan fingerprint density at radius 1 is 0.592 bits per heavy atom. The Labute approximate surface area is 308 Å². The number of unbranched alkanes of at least 4 members (excludes halogenated alkanes) is 19. The smallest absolute Gasteiger partial charge is 0.306 e. The predicted octanol–water partition coefficient (Wildman–Crippen LogP) is 10.2. The molecule has 49 heavy (non-hydrogen) atoms. The highest BCUT2D eigenvalue weighted by Gasteiger charge is 2.25. The molecule has 0 saturated heterocycles. The van der Waals surface area contributed by atoms with Crippen LogP contribution >= 0.6 is 11.8 Å². The summed E-state index contributed by atoms with van der Waals surface area (Å²) in [5.74, 6) is 1.12. The van der Waals surface area contributed by atoms with Crippen molar-refractivity contribution in [1.29, 1.82) is 0 Å². The van der Waals surface area contributed by atoms with Crippen LogP contribution < -0.4 is 10.6 Å². The molecule has 0 aliphatic heterocycles. The van der Waals surface area contributed by atoms with Crippen LogP contribution in [-0.2, 0) is 19.1 Å². The first kappa shape index (κ1) is 47.7. The van der Waals surface area contributed by atoms with Crippen molar-refractivity contribution in [2.75, 3.05) is 45.3 Å². The first-order valence-electron chi connectivity index (χ1n) is 20.8. The number of likely N-dealkylation sites (N-methyl/N-ethyl adjacent to an activating group) is 1. The number of carbonyl (C=O) groups is 3. The van der Waals surface area contributed by atoms with E-state index >= 15 is 0 Å². The van der Waals surface area contributed by atoms with Gasteiger partial charge < -0.3 is 20.3 Å². The van der Waals surface area contributed by atoms with Gasteiger partial charge in [-0.3, -0.25) is 14.4 Å². The number of rotatable bonds is 37. The van der Waals surface area contributed by atoms with Gasteiger partial charge >= 0.3 is 5.97 Å². The van der Waals surface area contributed by atoms with E-state index in [1.165, 1.54) is 109 Å². The lowest BCUT2D eigenvalue weighted by atomic mass is 9.93. The lowest BCUT2D eigenvalue weighted by Gasteiger charge is -2.23. The number of amides is 2. The molecule has 2 atom stereocenters. The summed E-state index contributed by atoms with van der Waals surface area (Å²) in [4.78, 5) is 41.0. The van der Waals surface area contributed by atoms with E-state index in [1.54, 1.807) is 11.8 Å². The van der Waals surface area contributed by atoms with Crippen LogP contribution in [0.5, 0.6) is 0 Å². The third-order valence-corrected chi connectivity index (χ3v) is 10.5. The molecule has 0 aromatic carbocycles. The highest BCUT2D eigenvalue weighted by molar-refractivity contribution is 7.99. The maximum Gasteiger partial charge on any atom is 0.306 e. The van der Waals surface area contributed by atoms with Crippen LogP contribution in [0.2, 0.25) is 0 Å². The summed E-state index contributed by atoms with van der Waals surface area (Å²) in [6, 6.07) is -0.553. The summed E-state index contributed by atoms with van der Waals surface area (Å²) in [5.41, 5.74) is 0. The van der Waals surface area contributed by atoms with Crippen molar-refractivity contribution >= 4 is 29.5 Å². The Kier molecular flexibility index (Phi) is 35.6. The Hall–Kier alpha value is -1.28. The molecule has 0 rings (SSSR count). The summed E-state index contributed by atoms with van der Waals surface area (Å²) in [7, 11) is 3.97. The maximum absolute atomic E-state index is 13.5. The predicted molar refractivity (Wildman–Crippen MR) is 212 cm³/mol. The molecule has 0 bridgehead atoms. The van der Waals surface area contributed by atoms with Crippen LogP contribution in [0.1, 0.15) is 188 Å². The van der Waals surface area contributed by atoms with Crippen molar-refractivity contribution in [3.63, 3.8) is 0 Å². The maximum atomic E-state index is 13.5. The second-order valence-corrected chi connectivity index (χ2v) is 15.7. The van der Waals surface area contributed by atoms with E-state index in [-0.39, 0.29) is 23.7 Å². The summed E-state index contributed by atoms with van der Waals surface area (Å²) < 4.78 is 5.47. The van der Waals surface area contributed by atoms with E-state index in [0.717, 1.165) is 51.5 Å². The number of thioether (sulfide) groups is 1. The molecule has 0 spiro atoms. The van der Waals surface area contributed by atoms with Crippen molar-refractivity contribution in [3.05, 3.63) is 0 Å². The molecule has 0 saturated carbocycles. The lowest BCUT2D eigenvalue weighted by molar-refractivity contribution is -0.143. The third-order valence-electron chi connectivity index (χ3n) is 9.44. The Morgan fingerprint density at radius 3 is 1.57 bits per heavy atom. The van der Waals surface area contributed by atoms with E-state index in [1.807, 2.05) is 19.0 Å². The molecule has 290 valence electrons. The van der Waals surface area contributed by atoms with Gasteiger partial charge in [-0.05, 0) is 45.5 Å². The van der Waals surface area contributed by atoms with E-state index in [2.05, 4.69) is 31.4 Å². The molecule has 0 heterocycles. The zero-order valence-electron chi connectivity index (χ0n) is 33.1. The minimum atomic E-state index is -0.553. The van der Waals surface area contributed by atoms with Gasteiger partial charge in [0, 0.05) is 24.8 Å². The highest BCUT2D eigenvalue weighted by atomic mass is 32.2. The first-order chi connectivity index (χ1) is 23.8. The van der Waals surface area contributed by atoms with E-state index in [4.69, 9.17) is 4.74 Å². The minimum Gasteiger partial charge on any atom is -0.466 e. The van der Waals surface area contributed by atoms with Gasteiger partial charge in [0.05, 0.1) is 13.0 Å². The molecule has 2 N–H and O–H groups in total. The SMILES string of the molecule is CCCCCCCCCCCCCCOC(=O)CCSCCC(NC(=O)C(CCCCCC)CCCCCCCC)C(=O)NCCN(C)C. The van der Waals surface area contributed by atoms with Gasteiger partial charge in [0.2, 0.25) is 11.8 Å². The molecule has 0 aliphatic rings. The van der Waals surface area contributed by atoms with Gasteiger partial charge in [0.25, 0.3) is 0 Å². The fourth-order valence-electron chi connectivity index (χ4n) is 6.14. The second-order valence-electron chi connectivity index (χ2n) is 14.5. The molecule has 0 fully saturated rings. The van der Waals surface area contributed by atoms with Crippen molar-refractivity contribution in [2.45, 2.75) is 194 Å². The van der Waals surface area contributed by atoms with E-state index in [0.29, 0.717) is 37.5 Å². The third kappa shape index (κ3) is 32.4. The van der Waals surface area contributed by atoms with Gasteiger partial charge in [-0.2, -0.15) is 11.8 Å². The number of nitrogens with one attached hydrogen (secondary N) is 2. The standard InChI is InChI=1S/C41H81N3O4S/c1-6-9-12-15-17-18-19-20-21-22-24-27-34-48-39(45)31-36-49-35-30-38(41(47)42-32-33-44(4)5)43-40(46)37(28-25-14-11-8-3)29-26-23-16-13-10-7-2/h37-38H,6-36H2,1-5H3,(H,42,47)(H,43,46). The summed E-state index contributed by atoms with van der Waals surface area (Å²) >= 11 is 1.66. The average molecular weight is 712 g/mol. The van der Waals surface area contributed by atoms with Crippen LogP contribution in [0, 0.1) is 5.92 Å². The zero-order chi connectivity index (χ0) is 36.2. The highest BCUT2D eigenvalue weighted by Crippen LogP contribution is 2.20. The zero-order valence-corrected chi connectivity index (χ0v) is 33.9. The molecule has 0 aromatic heterocycles. The Balaban J connectivity index is 4.53. The van der Waals surface area contributed by atoms with Gasteiger partial charge in [-0.15, -0.1) is 0 Å². The van der Waals surface area contributed by atoms with Crippen LogP contribution in [0.15, 0.2) is 0 Å². The average Bonchev–Trinajstić information content (AvgIpc) is 3.08. The van der Waals surface area contributed by atoms with Crippen molar-refractivity contribution in [1.82, 2.24) is 15.5 Å². The first-order valence-corrected chi connectivity index (χ1v) is 22.0. The minimum absolute atomic E-state index is 0.0317. The fraction of sp³-hybridized carbons (Fsp3) is 0.927. The molecule has 2 amide bonds. The number of hydrogen-bond acceptors (Lipinski definition) is 6. The molecular formula is C41H81N3O4S. The van der Waals surface area contributed by atoms with Gasteiger partial charge in [-0.1, -0.05) is 156 Å². The Bertz CT molecular complexity index is 767. The van der Waals surface area contributed by atoms with Gasteiger partial charge in [0.1, 0.15) is 6.04 Å².